The van der Waals surface area contributed by atoms with Gasteiger partial charge in [-0.05, 0) is 76.9 Å². The Morgan fingerprint density at radius 3 is 1.07 bits per heavy atom. The van der Waals surface area contributed by atoms with Crippen molar-refractivity contribution in [2.24, 2.45) is 0 Å². The molecule has 2 aromatic rings. The Balaban J connectivity index is 2.70. The molecule has 0 fully saturated rings. The van der Waals surface area contributed by atoms with Gasteiger partial charge in [0.15, 0.2) is 0 Å². The predicted octanol–water partition coefficient (Wildman–Crippen LogP) is 7.81. The Kier molecular flexibility index (Phi) is 6.14. The summed E-state index contributed by atoms with van der Waals surface area (Å²) in [5.74, 6) is 0. The summed E-state index contributed by atoms with van der Waals surface area (Å²) >= 11 is 0. The van der Waals surface area contributed by atoms with Crippen molar-refractivity contribution in [3.63, 3.8) is 0 Å². The van der Waals surface area contributed by atoms with Gasteiger partial charge in [-0.1, -0.05) is 12.1 Å². The zero-order chi connectivity index (χ0) is 23.1. The molecule has 2 rings (SSSR count). The predicted molar refractivity (Wildman–Crippen MR) is 109 cm³/mol. The van der Waals surface area contributed by atoms with E-state index in [0.717, 1.165) is 24.3 Å². The maximum Gasteiger partial charge on any atom is 0.417 e. The van der Waals surface area contributed by atoms with Gasteiger partial charge < -0.3 is 10.6 Å². The van der Waals surface area contributed by atoms with Gasteiger partial charge in [0.25, 0.3) is 0 Å². The normalized spacial score (nSPS) is 13.3. The van der Waals surface area contributed by atoms with Crippen LogP contribution in [-0.2, 0) is 12.4 Å². The Bertz CT molecular complexity index is 824. The van der Waals surface area contributed by atoms with E-state index in [9.17, 15) is 26.3 Å². The van der Waals surface area contributed by atoms with Crippen molar-refractivity contribution in [2.45, 2.75) is 65.0 Å². The first kappa shape index (κ1) is 23.9. The first-order valence-electron chi connectivity index (χ1n) is 9.36. The van der Waals surface area contributed by atoms with Gasteiger partial charge in [0.2, 0.25) is 0 Å². The molecule has 166 valence electrons. The van der Waals surface area contributed by atoms with Crippen molar-refractivity contribution in [1.29, 1.82) is 0 Å². The number of hydrogen-bond acceptors (Lipinski definition) is 2. The highest BCUT2D eigenvalue weighted by atomic mass is 19.4. The minimum Gasteiger partial charge on any atom is -0.380 e. The van der Waals surface area contributed by atoms with E-state index in [1.54, 1.807) is 41.5 Å². The van der Waals surface area contributed by atoms with Crippen molar-refractivity contribution in [1.82, 2.24) is 0 Å². The van der Waals surface area contributed by atoms with E-state index < -0.39 is 45.7 Å². The van der Waals surface area contributed by atoms with E-state index in [-0.39, 0.29) is 11.4 Å². The quantitative estimate of drug-likeness (QED) is 0.483. The number of benzene rings is 2. The van der Waals surface area contributed by atoms with Crippen LogP contribution in [0.3, 0.4) is 0 Å². The van der Waals surface area contributed by atoms with E-state index in [4.69, 9.17) is 0 Å². The van der Waals surface area contributed by atoms with Gasteiger partial charge in [-0.25, -0.2) is 0 Å². The molecule has 0 heterocycles. The Labute approximate surface area is 172 Å². The summed E-state index contributed by atoms with van der Waals surface area (Å²) in [6, 6.07) is 6.58. The average molecular weight is 432 g/mol. The summed E-state index contributed by atoms with van der Waals surface area (Å²) in [6.45, 7) is 10.6. The van der Waals surface area contributed by atoms with Crippen LogP contribution in [0, 0.1) is 0 Å². The van der Waals surface area contributed by atoms with Crippen molar-refractivity contribution < 1.29 is 26.3 Å². The van der Waals surface area contributed by atoms with E-state index in [0.29, 0.717) is 0 Å². The smallest absolute Gasteiger partial charge is 0.380 e. The minimum absolute atomic E-state index is 0.179. The number of rotatable bonds is 3. The van der Waals surface area contributed by atoms with Crippen LogP contribution >= 0.6 is 0 Å². The fourth-order valence-electron chi connectivity index (χ4n) is 3.05. The maximum atomic E-state index is 13.8. The number of halogens is 6. The summed E-state index contributed by atoms with van der Waals surface area (Å²) in [5, 5.41) is 5.84. The molecular weight excluding hydrogens is 406 g/mol. The second kappa shape index (κ2) is 7.71. The first-order valence-corrected chi connectivity index (χ1v) is 9.36. The molecule has 30 heavy (non-hydrogen) atoms. The molecule has 8 heteroatoms. The second-order valence-corrected chi connectivity index (χ2v) is 9.27. The maximum absolute atomic E-state index is 13.8. The Morgan fingerprint density at radius 2 is 0.833 bits per heavy atom. The van der Waals surface area contributed by atoms with Gasteiger partial charge in [0, 0.05) is 22.5 Å². The molecule has 0 atom stereocenters. The summed E-state index contributed by atoms with van der Waals surface area (Å²) in [5.41, 5.74) is -3.95. The van der Waals surface area contributed by atoms with Crippen LogP contribution in [0.15, 0.2) is 36.4 Å². The topological polar surface area (TPSA) is 24.1 Å². The average Bonchev–Trinajstić information content (AvgIpc) is 2.50. The van der Waals surface area contributed by atoms with Gasteiger partial charge in [0.1, 0.15) is 0 Å². The van der Waals surface area contributed by atoms with Crippen LogP contribution in [0.2, 0.25) is 0 Å². The molecule has 0 unspecified atom stereocenters. The largest absolute Gasteiger partial charge is 0.417 e. The van der Waals surface area contributed by atoms with Crippen molar-refractivity contribution in [3.05, 3.63) is 47.5 Å². The van der Waals surface area contributed by atoms with Gasteiger partial charge >= 0.3 is 12.4 Å². The lowest BCUT2D eigenvalue weighted by Crippen LogP contribution is -2.26. The molecule has 0 aromatic heterocycles. The van der Waals surface area contributed by atoms with Crippen LogP contribution in [-0.4, -0.2) is 11.1 Å². The second-order valence-electron chi connectivity index (χ2n) is 9.27. The summed E-state index contributed by atoms with van der Waals surface area (Å²) < 4.78 is 82.5. The van der Waals surface area contributed by atoms with Crippen LogP contribution in [0.25, 0.3) is 11.1 Å². The zero-order valence-corrected chi connectivity index (χ0v) is 17.7. The Morgan fingerprint density at radius 1 is 0.533 bits per heavy atom. The molecule has 2 N–H and O–H groups in total. The third-order valence-corrected chi connectivity index (χ3v) is 3.98. The van der Waals surface area contributed by atoms with E-state index in [2.05, 4.69) is 10.6 Å². The lowest BCUT2D eigenvalue weighted by molar-refractivity contribution is -0.139. The van der Waals surface area contributed by atoms with Gasteiger partial charge in [-0.3, -0.25) is 0 Å². The summed E-state index contributed by atoms with van der Waals surface area (Å²) in [7, 11) is 0. The highest BCUT2D eigenvalue weighted by Gasteiger charge is 2.39. The fraction of sp³-hybridized carbons (Fsp3) is 0.455. The van der Waals surface area contributed by atoms with Crippen molar-refractivity contribution >= 4 is 11.4 Å². The molecule has 0 aliphatic heterocycles. The molecule has 0 saturated heterocycles. The van der Waals surface area contributed by atoms with Crippen LogP contribution in [0.1, 0.15) is 52.7 Å². The molecule has 0 radical (unpaired) electrons. The number of alkyl halides is 6. The molecule has 0 amide bonds. The number of nitrogens with one attached hydrogen (secondary N) is 2. The standard InChI is InChI=1S/C22H26F6N2/c1-19(2,3)29-13-7-9-15(17(11-13)21(23,24)25)16-10-8-14(30-20(4,5)6)12-18(16)22(26,27)28/h7-12,29-30H,1-6H3. The molecule has 0 spiro atoms. The lowest BCUT2D eigenvalue weighted by Gasteiger charge is -2.25. The minimum atomic E-state index is -4.82. The van der Waals surface area contributed by atoms with Crippen molar-refractivity contribution in [2.75, 3.05) is 10.6 Å². The third kappa shape index (κ3) is 6.31. The van der Waals surface area contributed by atoms with Crippen LogP contribution in [0.4, 0.5) is 37.7 Å². The molecule has 0 bridgehead atoms. The summed E-state index contributed by atoms with van der Waals surface area (Å²) in [4.78, 5) is 0. The van der Waals surface area contributed by atoms with Gasteiger partial charge in [-0.2, -0.15) is 26.3 Å². The monoisotopic (exact) mass is 432 g/mol. The zero-order valence-electron chi connectivity index (χ0n) is 17.7. The van der Waals surface area contributed by atoms with E-state index in [1.807, 2.05) is 0 Å². The van der Waals surface area contributed by atoms with Crippen molar-refractivity contribution in [3.8, 4) is 11.1 Å². The number of anilines is 2. The number of hydrogen-bond donors (Lipinski definition) is 2. The van der Waals surface area contributed by atoms with Crippen LogP contribution < -0.4 is 10.6 Å². The molecule has 2 aromatic carbocycles. The third-order valence-electron chi connectivity index (χ3n) is 3.98. The molecular formula is C22H26F6N2. The van der Waals surface area contributed by atoms with Gasteiger partial charge in [0.05, 0.1) is 11.1 Å². The summed E-state index contributed by atoms with van der Waals surface area (Å²) in [6.07, 6.45) is -9.65. The highest BCUT2D eigenvalue weighted by molar-refractivity contribution is 5.76. The lowest BCUT2D eigenvalue weighted by atomic mass is 9.93. The molecule has 0 aliphatic carbocycles. The SMILES string of the molecule is CC(C)(C)Nc1ccc(-c2ccc(NC(C)(C)C)cc2C(F)(F)F)c(C(F)(F)F)c1. The molecule has 0 aliphatic rings. The first-order chi connectivity index (χ1) is 13.4. The Hall–Kier alpha value is -2.38. The fourth-order valence-corrected chi connectivity index (χ4v) is 3.05. The highest BCUT2D eigenvalue weighted by Crippen LogP contribution is 2.44. The van der Waals surface area contributed by atoms with E-state index >= 15 is 0 Å². The molecule has 2 nitrogen and oxygen atoms in total. The van der Waals surface area contributed by atoms with Gasteiger partial charge in [-0.15, -0.1) is 0 Å². The van der Waals surface area contributed by atoms with Crippen LogP contribution in [0.5, 0.6) is 0 Å². The molecule has 0 saturated carbocycles. The van der Waals surface area contributed by atoms with E-state index in [1.165, 1.54) is 12.1 Å².